The third-order valence-corrected chi connectivity index (χ3v) is 8.30. The maximum atomic E-state index is 12.3. The Balaban J connectivity index is 2.00. The lowest BCUT2D eigenvalue weighted by Crippen LogP contribution is -2.04. The average molecular weight is 652 g/mol. The summed E-state index contributed by atoms with van der Waals surface area (Å²) in [6.45, 7) is 0. The smallest absolute Gasteiger partial charge is 0.337 e. The van der Waals surface area contributed by atoms with Gasteiger partial charge in [0.2, 0.25) is 0 Å². The number of nitrogens with zero attached hydrogens (tertiary/aromatic N) is 4. The van der Waals surface area contributed by atoms with E-state index in [1.54, 1.807) is 0 Å². The minimum atomic E-state index is -5.27. The van der Waals surface area contributed by atoms with E-state index in [9.17, 15) is 49.4 Å². The summed E-state index contributed by atoms with van der Waals surface area (Å²) >= 11 is 0. The standard InChI is InChI=1S/C23H17N5O12S3/c24-20-16(27-25-11-5-7-12(8-6-11)41(32,33)34)10-17(42(35,36)37)14-9-18(43(38,39)40)21(22(29)19(14)20)28-26-15-4-2-1-3-13(15)23(30)31/h1-10,29H,24H2,(H,30,31)(H,32,33,34)(H,35,36,37)(H,38,39,40). The van der Waals surface area contributed by atoms with Crippen LogP contribution in [0.1, 0.15) is 10.4 Å². The molecule has 43 heavy (non-hydrogen) atoms. The molecule has 0 saturated heterocycles. The number of carbonyl (C=O) groups is 1. The molecule has 4 aromatic rings. The van der Waals surface area contributed by atoms with Crippen LogP contribution in [0, 0.1) is 0 Å². The van der Waals surface area contributed by atoms with Gasteiger partial charge in [-0.25, -0.2) is 4.79 Å². The summed E-state index contributed by atoms with van der Waals surface area (Å²) in [6, 6.07) is 10.5. The molecular weight excluding hydrogens is 634 g/mol. The molecule has 0 unspecified atom stereocenters. The van der Waals surface area contributed by atoms with Crippen molar-refractivity contribution in [3.05, 3.63) is 66.2 Å². The predicted octanol–water partition coefficient (Wildman–Crippen LogP) is 4.40. The van der Waals surface area contributed by atoms with Gasteiger partial charge in [-0.05, 0) is 48.5 Å². The molecule has 20 heteroatoms. The van der Waals surface area contributed by atoms with Gasteiger partial charge in [0, 0.05) is 5.39 Å². The lowest BCUT2D eigenvalue weighted by molar-refractivity contribution is 0.0697. The van der Waals surface area contributed by atoms with Crippen LogP contribution < -0.4 is 5.73 Å². The number of nitrogens with two attached hydrogens (primary N) is 1. The molecule has 0 radical (unpaired) electrons. The lowest BCUT2D eigenvalue weighted by Gasteiger charge is -2.14. The van der Waals surface area contributed by atoms with Crippen molar-refractivity contribution in [3.63, 3.8) is 0 Å². The van der Waals surface area contributed by atoms with Gasteiger partial charge in [-0.3, -0.25) is 13.7 Å². The van der Waals surface area contributed by atoms with Crippen LogP contribution in [-0.2, 0) is 30.4 Å². The van der Waals surface area contributed by atoms with E-state index in [0.29, 0.717) is 12.1 Å². The van der Waals surface area contributed by atoms with E-state index in [4.69, 9.17) is 10.3 Å². The monoisotopic (exact) mass is 651 g/mol. The third kappa shape index (κ3) is 6.48. The molecule has 0 saturated carbocycles. The molecule has 4 aromatic carbocycles. The second-order valence-electron chi connectivity index (χ2n) is 8.44. The van der Waals surface area contributed by atoms with Gasteiger partial charge in [-0.15, -0.1) is 15.3 Å². The molecule has 0 atom stereocenters. The molecule has 0 amide bonds. The van der Waals surface area contributed by atoms with Gasteiger partial charge < -0.3 is 15.9 Å². The van der Waals surface area contributed by atoms with Crippen molar-refractivity contribution in [2.75, 3.05) is 5.73 Å². The number of benzene rings is 4. The molecule has 4 rings (SSSR count). The molecule has 0 aromatic heterocycles. The third-order valence-electron chi connectivity index (χ3n) is 5.67. The molecule has 0 aliphatic heterocycles. The number of aromatic hydroxyl groups is 1. The Bertz CT molecular complexity index is 2200. The first kappa shape index (κ1) is 31.1. The molecule has 0 spiro atoms. The summed E-state index contributed by atoms with van der Waals surface area (Å²) in [5.41, 5.74) is 3.46. The highest BCUT2D eigenvalue weighted by Gasteiger charge is 2.28. The van der Waals surface area contributed by atoms with Gasteiger partial charge in [0.25, 0.3) is 30.4 Å². The van der Waals surface area contributed by atoms with Crippen molar-refractivity contribution in [3.8, 4) is 5.75 Å². The zero-order valence-electron chi connectivity index (χ0n) is 21.0. The molecule has 0 aliphatic rings. The lowest BCUT2D eigenvalue weighted by atomic mass is 10.0. The minimum Gasteiger partial charge on any atom is -0.505 e. The number of phenolic OH excluding ortho intramolecular Hbond substituents is 1. The maximum Gasteiger partial charge on any atom is 0.337 e. The number of rotatable bonds is 8. The summed E-state index contributed by atoms with van der Waals surface area (Å²) in [4.78, 5) is 8.84. The molecule has 7 N–H and O–H groups in total. The predicted molar refractivity (Wildman–Crippen MR) is 148 cm³/mol. The zero-order chi connectivity index (χ0) is 31.9. The number of hydrogen-bond donors (Lipinski definition) is 6. The fraction of sp³-hybridized carbons (Fsp3) is 0. The highest BCUT2D eigenvalue weighted by molar-refractivity contribution is 7.86. The number of hydrogen-bond acceptors (Lipinski definition) is 13. The molecule has 0 bridgehead atoms. The van der Waals surface area contributed by atoms with Crippen molar-refractivity contribution < 1.29 is 53.9 Å². The second-order valence-corrected chi connectivity index (χ2v) is 12.6. The van der Waals surface area contributed by atoms with Crippen LogP contribution >= 0.6 is 0 Å². The number of aromatic carboxylic acids is 1. The van der Waals surface area contributed by atoms with E-state index >= 15 is 0 Å². The number of phenols is 1. The van der Waals surface area contributed by atoms with Gasteiger partial charge in [0.1, 0.15) is 26.9 Å². The number of nitrogen functional groups attached to an aromatic ring is 1. The van der Waals surface area contributed by atoms with Crippen LogP contribution in [0.2, 0.25) is 0 Å². The zero-order valence-corrected chi connectivity index (χ0v) is 23.4. The van der Waals surface area contributed by atoms with Crippen molar-refractivity contribution in [1.82, 2.24) is 0 Å². The van der Waals surface area contributed by atoms with Crippen LogP contribution in [0.15, 0.2) is 95.8 Å². The number of fused-ring (bicyclic) bond motifs is 1. The maximum absolute atomic E-state index is 12.3. The van der Waals surface area contributed by atoms with E-state index in [1.165, 1.54) is 18.2 Å². The topological polar surface area (TPSA) is 296 Å². The van der Waals surface area contributed by atoms with Gasteiger partial charge in [0.05, 0.1) is 27.2 Å². The number of carboxylic acids is 1. The van der Waals surface area contributed by atoms with Gasteiger partial charge in [-0.1, -0.05) is 12.1 Å². The number of anilines is 1. The van der Waals surface area contributed by atoms with E-state index in [1.807, 2.05) is 0 Å². The van der Waals surface area contributed by atoms with E-state index in [2.05, 4.69) is 20.5 Å². The van der Waals surface area contributed by atoms with Gasteiger partial charge >= 0.3 is 5.97 Å². The molecular formula is C23H17N5O12S3. The summed E-state index contributed by atoms with van der Waals surface area (Å²) < 4.78 is 100. The first-order chi connectivity index (χ1) is 19.9. The first-order valence-corrected chi connectivity index (χ1v) is 15.5. The van der Waals surface area contributed by atoms with Crippen molar-refractivity contribution in [2.45, 2.75) is 14.7 Å². The quantitative estimate of drug-likeness (QED) is 0.0875. The van der Waals surface area contributed by atoms with Crippen molar-refractivity contribution in [2.24, 2.45) is 20.5 Å². The summed E-state index contributed by atoms with van der Waals surface area (Å²) in [5, 5.41) is 33.9. The van der Waals surface area contributed by atoms with Crippen LogP contribution in [0.25, 0.3) is 10.8 Å². The fourth-order valence-electron chi connectivity index (χ4n) is 3.74. The highest BCUT2D eigenvalue weighted by atomic mass is 32.2. The Kier molecular flexibility index (Phi) is 8.02. The van der Waals surface area contributed by atoms with Crippen LogP contribution in [0.5, 0.6) is 5.75 Å². The average Bonchev–Trinajstić information content (AvgIpc) is 2.90. The summed E-state index contributed by atoms with van der Waals surface area (Å²) in [7, 11) is -15.0. The Morgan fingerprint density at radius 2 is 1.28 bits per heavy atom. The largest absolute Gasteiger partial charge is 0.505 e. The Morgan fingerprint density at radius 3 is 1.84 bits per heavy atom. The highest BCUT2D eigenvalue weighted by Crippen LogP contribution is 2.48. The SMILES string of the molecule is Nc1c(N=Nc2ccc(S(=O)(=O)O)cc2)cc(S(=O)(=O)O)c2cc(S(=O)(=O)O)c(N=Nc3ccccc3C(=O)O)c(O)c12. The van der Waals surface area contributed by atoms with E-state index in [0.717, 1.165) is 30.3 Å². The van der Waals surface area contributed by atoms with Crippen LogP contribution in [0.4, 0.5) is 28.4 Å². The van der Waals surface area contributed by atoms with E-state index < -0.39 is 84.6 Å². The summed E-state index contributed by atoms with van der Waals surface area (Å²) in [6.07, 6.45) is 0. The summed E-state index contributed by atoms with van der Waals surface area (Å²) in [5.74, 6) is -2.57. The fourth-order valence-corrected chi connectivity index (χ4v) is 5.57. The Hall–Kier alpha value is -4.86. The molecule has 0 heterocycles. The first-order valence-electron chi connectivity index (χ1n) is 11.2. The molecule has 0 aliphatic carbocycles. The molecule has 0 fully saturated rings. The normalized spacial score (nSPS) is 12.8. The number of carboxylic acid groups (broad SMARTS) is 1. The van der Waals surface area contributed by atoms with Gasteiger partial charge in [-0.2, -0.15) is 30.4 Å². The van der Waals surface area contributed by atoms with E-state index in [-0.39, 0.29) is 16.9 Å². The second kappa shape index (κ2) is 11.1. The molecule has 224 valence electrons. The van der Waals surface area contributed by atoms with Crippen LogP contribution in [0.3, 0.4) is 0 Å². The number of azo groups is 2. The van der Waals surface area contributed by atoms with Crippen molar-refractivity contribution >= 4 is 75.5 Å². The van der Waals surface area contributed by atoms with Crippen LogP contribution in [-0.4, -0.2) is 55.1 Å². The Morgan fingerprint density at radius 1 is 0.698 bits per heavy atom. The minimum absolute atomic E-state index is 0.0159. The van der Waals surface area contributed by atoms with Crippen molar-refractivity contribution in [1.29, 1.82) is 0 Å². The molecule has 17 nitrogen and oxygen atoms in total. The Labute approximate surface area is 241 Å². The van der Waals surface area contributed by atoms with Gasteiger partial charge in [0.15, 0.2) is 5.75 Å².